The summed E-state index contributed by atoms with van der Waals surface area (Å²) in [6.07, 6.45) is 3.68. The van der Waals surface area contributed by atoms with Crippen LogP contribution in [0.5, 0.6) is 5.75 Å². The molecule has 0 saturated heterocycles. The molecule has 2 rings (SSSR count). The molecule has 16 heavy (non-hydrogen) atoms. The highest BCUT2D eigenvalue weighted by molar-refractivity contribution is 7.98. The number of benzene rings is 1. The van der Waals surface area contributed by atoms with Crippen LogP contribution in [0.3, 0.4) is 0 Å². The van der Waals surface area contributed by atoms with Gasteiger partial charge in [0.25, 0.3) is 0 Å². The molecule has 6 heteroatoms. The van der Waals surface area contributed by atoms with E-state index in [1.54, 1.807) is 25.2 Å². The Morgan fingerprint density at radius 2 is 1.94 bits per heavy atom. The van der Waals surface area contributed by atoms with Crippen molar-refractivity contribution in [3.63, 3.8) is 0 Å². The largest absolute Gasteiger partial charge is 0.497 e. The summed E-state index contributed by atoms with van der Waals surface area (Å²) in [6, 6.07) is 7.78. The quantitative estimate of drug-likeness (QED) is 0.792. The van der Waals surface area contributed by atoms with Gasteiger partial charge >= 0.3 is 0 Å². The van der Waals surface area contributed by atoms with Crippen molar-refractivity contribution >= 4 is 24.2 Å². The van der Waals surface area contributed by atoms with Gasteiger partial charge in [-0.15, -0.1) is 22.6 Å². The third-order valence-corrected chi connectivity index (χ3v) is 2.69. The molecule has 86 valence electrons. The van der Waals surface area contributed by atoms with Gasteiger partial charge in [0.2, 0.25) is 0 Å². The number of thioether (sulfide) groups is 1. The van der Waals surface area contributed by atoms with E-state index in [-0.39, 0.29) is 12.4 Å². The lowest BCUT2D eigenvalue weighted by Gasteiger charge is -2.05. The fourth-order valence-electron chi connectivity index (χ4n) is 1.28. The van der Waals surface area contributed by atoms with Crippen LogP contribution >= 0.6 is 24.2 Å². The molecule has 1 aromatic heterocycles. The van der Waals surface area contributed by atoms with Crippen LogP contribution in [0.4, 0.5) is 0 Å². The zero-order valence-corrected chi connectivity index (χ0v) is 10.6. The second kappa shape index (κ2) is 5.77. The summed E-state index contributed by atoms with van der Waals surface area (Å²) in [4.78, 5) is 0. The highest BCUT2D eigenvalue weighted by atomic mass is 35.5. The molecular weight excluding hydrogens is 246 g/mol. The average Bonchev–Trinajstić information content (AvgIpc) is 2.77. The van der Waals surface area contributed by atoms with Crippen molar-refractivity contribution in [2.45, 2.75) is 5.16 Å². The molecule has 0 saturated carbocycles. The molecule has 0 N–H and O–H groups in total. The van der Waals surface area contributed by atoms with Crippen molar-refractivity contribution < 1.29 is 4.74 Å². The molecule has 0 amide bonds. The summed E-state index contributed by atoms with van der Waals surface area (Å²) in [5, 5.41) is 8.75. The summed E-state index contributed by atoms with van der Waals surface area (Å²) in [6.45, 7) is 0. The van der Waals surface area contributed by atoms with Crippen LogP contribution in [0.15, 0.2) is 35.7 Å². The van der Waals surface area contributed by atoms with E-state index in [0.29, 0.717) is 0 Å². The van der Waals surface area contributed by atoms with E-state index in [4.69, 9.17) is 4.74 Å². The predicted octanol–water partition coefficient (Wildman–Crippen LogP) is 2.42. The molecule has 1 aromatic carbocycles. The van der Waals surface area contributed by atoms with E-state index in [9.17, 15) is 0 Å². The molecule has 0 spiro atoms. The normalized spacial score (nSPS) is 9.62. The number of hydrogen-bond acceptors (Lipinski definition) is 4. The van der Waals surface area contributed by atoms with Gasteiger partial charge in [-0.3, -0.25) is 4.57 Å². The van der Waals surface area contributed by atoms with E-state index in [0.717, 1.165) is 16.6 Å². The Hall–Kier alpha value is -1.20. The summed E-state index contributed by atoms with van der Waals surface area (Å²) in [7, 11) is 1.65. The average molecular weight is 258 g/mol. The van der Waals surface area contributed by atoms with Gasteiger partial charge in [-0.1, -0.05) is 11.8 Å². The topological polar surface area (TPSA) is 39.9 Å². The molecular formula is C10H12ClN3OS. The Bertz CT molecular complexity index is 444. The minimum absolute atomic E-state index is 0. The van der Waals surface area contributed by atoms with Gasteiger partial charge in [-0.25, -0.2) is 0 Å². The maximum atomic E-state index is 5.10. The fourth-order valence-corrected chi connectivity index (χ4v) is 1.76. The summed E-state index contributed by atoms with van der Waals surface area (Å²) in [5.41, 5.74) is 1.03. The lowest BCUT2D eigenvalue weighted by atomic mass is 10.3. The number of halogens is 1. The number of aromatic nitrogens is 3. The van der Waals surface area contributed by atoms with Crippen LogP contribution in [0.2, 0.25) is 0 Å². The van der Waals surface area contributed by atoms with Crippen molar-refractivity contribution in [2.24, 2.45) is 0 Å². The highest BCUT2D eigenvalue weighted by Gasteiger charge is 2.04. The molecule has 0 aliphatic rings. The van der Waals surface area contributed by atoms with Gasteiger partial charge in [0.05, 0.1) is 7.11 Å². The SMILES string of the molecule is COc1ccc(-n2cnnc2SC)cc1.Cl. The Balaban J connectivity index is 0.00000128. The number of hydrogen-bond donors (Lipinski definition) is 0. The standard InChI is InChI=1S/C10H11N3OS.ClH/c1-14-9-5-3-8(4-6-9)13-7-11-12-10(13)15-2;/h3-7H,1-2H3;1H. The first-order valence-electron chi connectivity index (χ1n) is 4.43. The van der Waals surface area contributed by atoms with Gasteiger partial charge in [-0.05, 0) is 30.5 Å². The van der Waals surface area contributed by atoms with Crippen LogP contribution in [-0.4, -0.2) is 28.1 Å². The lowest BCUT2D eigenvalue weighted by Crippen LogP contribution is -1.94. The first-order chi connectivity index (χ1) is 7.35. The second-order valence-corrected chi connectivity index (χ2v) is 3.66. The Morgan fingerprint density at radius 3 is 2.50 bits per heavy atom. The van der Waals surface area contributed by atoms with Crippen LogP contribution < -0.4 is 4.74 Å². The monoisotopic (exact) mass is 257 g/mol. The van der Waals surface area contributed by atoms with Gasteiger partial charge < -0.3 is 4.74 Å². The zero-order valence-electron chi connectivity index (χ0n) is 8.95. The van der Waals surface area contributed by atoms with Crippen LogP contribution in [0.25, 0.3) is 5.69 Å². The van der Waals surface area contributed by atoms with Crippen molar-refractivity contribution in [2.75, 3.05) is 13.4 Å². The summed E-state index contributed by atoms with van der Waals surface area (Å²) < 4.78 is 7.03. The molecule has 0 radical (unpaired) electrons. The maximum Gasteiger partial charge on any atom is 0.195 e. The third kappa shape index (κ3) is 2.48. The minimum atomic E-state index is 0. The van der Waals surface area contributed by atoms with Crippen molar-refractivity contribution in [3.05, 3.63) is 30.6 Å². The number of methoxy groups -OCH3 is 1. The Morgan fingerprint density at radius 1 is 1.25 bits per heavy atom. The summed E-state index contributed by atoms with van der Waals surface area (Å²) >= 11 is 1.56. The fraction of sp³-hybridized carbons (Fsp3) is 0.200. The van der Waals surface area contributed by atoms with E-state index >= 15 is 0 Å². The molecule has 0 aliphatic carbocycles. The molecule has 0 unspecified atom stereocenters. The molecule has 0 fully saturated rings. The van der Waals surface area contributed by atoms with Gasteiger partial charge in [0.1, 0.15) is 12.1 Å². The molecule has 0 atom stereocenters. The Labute approximate surface area is 104 Å². The Kier molecular flexibility index (Phi) is 4.64. The number of nitrogens with zero attached hydrogens (tertiary/aromatic N) is 3. The van der Waals surface area contributed by atoms with Crippen molar-refractivity contribution in [1.29, 1.82) is 0 Å². The maximum absolute atomic E-state index is 5.10. The zero-order chi connectivity index (χ0) is 10.7. The van der Waals surface area contributed by atoms with E-state index in [2.05, 4.69) is 10.2 Å². The minimum Gasteiger partial charge on any atom is -0.497 e. The van der Waals surface area contributed by atoms with Gasteiger partial charge in [0.15, 0.2) is 5.16 Å². The summed E-state index contributed by atoms with van der Waals surface area (Å²) in [5.74, 6) is 0.845. The van der Waals surface area contributed by atoms with Gasteiger partial charge in [-0.2, -0.15) is 0 Å². The van der Waals surface area contributed by atoms with E-state index in [1.165, 1.54) is 0 Å². The first-order valence-corrected chi connectivity index (χ1v) is 5.66. The van der Waals surface area contributed by atoms with E-state index < -0.39 is 0 Å². The van der Waals surface area contributed by atoms with Crippen LogP contribution in [-0.2, 0) is 0 Å². The molecule has 4 nitrogen and oxygen atoms in total. The predicted molar refractivity (Wildman–Crippen MR) is 66.9 cm³/mol. The molecule has 0 bridgehead atoms. The second-order valence-electron chi connectivity index (χ2n) is 2.89. The number of ether oxygens (including phenoxy) is 1. The van der Waals surface area contributed by atoms with Crippen molar-refractivity contribution in [1.82, 2.24) is 14.8 Å². The molecule has 2 aromatic rings. The van der Waals surface area contributed by atoms with Crippen LogP contribution in [0, 0.1) is 0 Å². The van der Waals surface area contributed by atoms with Crippen molar-refractivity contribution in [3.8, 4) is 11.4 Å². The highest BCUT2D eigenvalue weighted by Crippen LogP contribution is 2.19. The van der Waals surface area contributed by atoms with Gasteiger partial charge in [0, 0.05) is 5.69 Å². The van der Waals surface area contributed by atoms with Crippen LogP contribution in [0.1, 0.15) is 0 Å². The lowest BCUT2D eigenvalue weighted by molar-refractivity contribution is 0.414. The smallest absolute Gasteiger partial charge is 0.195 e. The third-order valence-electron chi connectivity index (χ3n) is 2.05. The van der Waals surface area contributed by atoms with E-state index in [1.807, 2.05) is 35.1 Å². The molecule has 0 aliphatic heterocycles. The first kappa shape index (κ1) is 12.9. The number of rotatable bonds is 3. The molecule has 1 heterocycles.